The van der Waals surface area contributed by atoms with Crippen LogP contribution in [-0.2, 0) is 14.3 Å². The summed E-state index contributed by atoms with van der Waals surface area (Å²) in [5.74, 6) is 1.10. The van der Waals surface area contributed by atoms with E-state index in [1.807, 2.05) is 0 Å². The van der Waals surface area contributed by atoms with Crippen LogP contribution in [0.25, 0.3) is 0 Å². The average Bonchev–Trinajstić information content (AvgIpc) is 2.69. The van der Waals surface area contributed by atoms with Gasteiger partial charge in [-0.2, -0.15) is 0 Å². The lowest BCUT2D eigenvalue weighted by atomic mass is 9.96. The molecule has 122 valence electrons. The Kier molecular flexibility index (Phi) is 6.20. The highest BCUT2D eigenvalue weighted by Gasteiger charge is 2.44. The minimum absolute atomic E-state index is 0.0338. The summed E-state index contributed by atoms with van der Waals surface area (Å²) in [5, 5.41) is 0. The van der Waals surface area contributed by atoms with Gasteiger partial charge in [0.2, 0.25) is 0 Å². The van der Waals surface area contributed by atoms with Gasteiger partial charge >= 0.3 is 5.97 Å². The summed E-state index contributed by atoms with van der Waals surface area (Å²) >= 11 is 0. The minimum Gasteiger partial charge on any atom is -0.462 e. The van der Waals surface area contributed by atoms with Crippen LogP contribution in [0.2, 0.25) is 25.2 Å². The molecule has 0 aromatic rings. The SMILES string of the molecule is CC(C)C(OC(=O)C(C1CCC(=O)C1)[Si](C)(C)C)C(C)C. The van der Waals surface area contributed by atoms with Crippen molar-refractivity contribution in [3.63, 3.8) is 0 Å². The van der Waals surface area contributed by atoms with Gasteiger partial charge in [-0.1, -0.05) is 47.3 Å². The molecule has 2 unspecified atom stereocenters. The Balaban J connectivity index is 2.88. The second-order valence-corrected chi connectivity index (χ2v) is 13.6. The zero-order valence-corrected chi connectivity index (χ0v) is 15.7. The lowest BCUT2D eigenvalue weighted by molar-refractivity contribution is -0.155. The number of rotatable bonds is 6. The first-order valence-electron chi connectivity index (χ1n) is 8.26. The highest BCUT2D eigenvalue weighted by atomic mass is 28.3. The Morgan fingerprint density at radius 1 is 1.14 bits per heavy atom. The fourth-order valence-corrected chi connectivity index (χ4v) is 6.10. The van der Waals surface area contributed by atoms with E-state index in [0.29, 0.717) is 30.5 Å². The Labute approximate surface area is 130 Å². The zero-order chi connectivity index (χ0) is 16.4. The van der Waals surface area contributed by atoms with Crippen LogP contribution in [0.3, 0.4) is 0 Å². The molecule has 1 aliphatic rings. The number of carbonyl (C=O) groups is 2. The second-order valence-electron chi connectivity index (χ2n) is 8.27. The Bertz CT molecular complexity index is 374. The van der Waals surface area contributed by atoms with Gasteiger partial charge in [0.15, 0.2) is 0 Å². The van der Waals surface area contributed by atoms with Crippen LogP contribution >= 0.6 is 0 Å². The Hall–Kier alpha value is -0.643. The summed E-state index contributed by atoms with van der Waals surface area (Å²) in [6.07, 6.45) is 2.03. The third-order valence-electron chi connectivity index (χ3n) is 4.51. The van der Waals surface area contributed by atoms with Crippen LogP contribution < -0.4 is 0 Å². The fourth-order valence-electron chi connectivity index (χ4n) is 3.63. The maximum absolute atomic E-state index is 12.8. The molecule has 1 rings (SSSR count). The van der Waals surface area contributed by atoms with Crippen LogP contribution in [0.4, 0.5) is 0 Å². The van der Waals surface area contributed by atoms with Gasteiger partial charge in [0, 0.05) is 12.8 Å². The topological polar surface area (TPSA) is 43.4 Å². The molecule has 3 nitrogen and oxygen atoms in total. The minimum atomic E-state index is -1.71. The van der Waals surface area contributed by atoms with Gasteiger partial charge in [-0.25, -0.2) is 0 Å². The molecule has 0 bridgehead atoms. The lowest BCUT2D eigenvalue weighted by Crippen LogP contribution is -2.41. The number of esters is 1. The zero-order valence-electron chi connectivity index (χ0n) is 14.7. The largest absolute Gasteiger partial charge is 0.462 e. The monoisotopic (exact) mass is 312 g/mol. The summed E-state index contributed by atoms with van der Waals surface area (Å²) in [6, 6.07) is 0. The van der Waals surface area contributed by atoms with Crippen molar-refractivity contribution in [1.82, 2.24) is 0 Å². The van der Waals surface area contributed by atoms with Gasteiger partial charge in [0.05, 0.1) is 13.6 Å². The molecule has 1 fully saturated rings. The van der Waals surface area contributed by atoms with Crippen molar-refractivity contribution in [3.8, 4) is 0 Å². The van der Waals surface area contributed by atoms with Crippen LogP contribution in [0.1, 0.15) is 47.0 Å². The number of ketones is 1. The maximum Gasteiger partial charge on any atom is 0.306 e. The van der Waals surface area contributed by atoms with Crippen molar-refractivity contribution < 1.29 is 14.3 Å². The molecule has 1 saturated carbocycles. The molecular weight excluding hydrogens is 280 g/mol. The Morgan fingerprint density at radius 3 is 2.00 bits per heavy atom. The van der Waals surface area contributed by atoms with Crippen molar-refractivity contribution in [2.75, 3.05) is 0 Å². The van der Waals surface area contributed by atoms with E-state index in [-0.39, 0.29) is 23.5 Å². The molecule has 21 heavy (non-hydrogen) atoms. The van der Waals surface area contributed by atoms with E-state index in [9.17, 15) is 9.59 Å². The molecule has 0 aliphatic heterocycles. The molecule has 0 saturated heterocycles. The third-order valence-corrected chi connectivity index (χ3v) is 7.08. The van der Waals surface area contributed by atoms with Crippen LogP contribution in [0.5, 0.6) is 0 Å². The quantitative estimate of drug-likeness (QED) is 0.543. The van der Waals surface area contributed by atoms with Crippen LogP contribution in [0.15, 0.2) is 0 Å². The van der Waals surface area contributed by atoms with E-state index in [1.54, 1.807) is 0 Å². The van der Waals surface area contributed by atoms with E-state index in [2.05, 4.69) is 47.3 Å². The molecule has 0 aromatic heterocycles. The molecule has 0 N–H and O–H groups in total. The predicted octanol–water partition coefficient (Wildman–Crippen LogP) is 4.29. The van der Waals surface area contributed by atoms with E-state index in [1.165, 1.54) is 0 Å². The molecular formula is C17H32O3Si. The van der Waals surface area contributed by atoms with Crippen molar-refractivity contribution in [2.45, 2.75) is 78.2 Å². The van der Waals surface area contributed by atoms with Crippen LogP contribution in [0, 0.1) is 17.8 Å². The van der Waals surface area contributed by atoms with Crippen molar-refractivity contribution >= 4 is 19.8 Å². The van der Waals surface area contributed by atoms with E-state index in [0.717, 1.165) is 6.42 Å². The number of hydrogen-bond donors (Lipinski definition) is 0. The summed E-state index contributed by atoms with van der Waals surface area (Å²) in [5.41, 5.74) is -0.0519. The number of ether oxygens (including phenoxy) is 1. The third kappa shape index (κ3) is 4.94. The standard InChI is InChI=1S/C17H32O3Si/c1-11(2)15(12(3)4)20-17(19)16(21(5,6)7)13-8-9-14(18)10-13/h11-13,15-16H,8-10H2,1-7H3. The lowest BCUT2D eigenvalue weighted by Gasteiger charge is -2.34. The summed E-state index contributed by atoms with van der Waals surface area (Å²) in [6.45, 7) is 15.0. The first-order chi connectivity index (χ1) is 9.54. The maximum atomic E-state index is 12.8. The van der Waals surface area contributed by atoms with Gasteiger partial charge in [-0.3, -0.25) is 9.59 Å². The Morgan fingerprint density at radius 2 is 1.67 bits per heavy atom. The van der Waals surface area contributed by atoms with Gasteiger partial charge in [0.1, 0.15) is 11.9 Å². The highest BCUT2D eigenvalue weighted by Crippen LogP contribution is 2.40. The normalized spacial score (nSPS) is 21.4. The molecule has 0 amide bonds. The fraction of sp³-hybridized carbons (Fsp3) is 0.882. The van der Waals surface area contributed by atoms with E-state index in [4.69, 9.17) is 4.74 Å². The first kappa shape index (κ1) is 18.4. The molecule has 1 aliphatic carbocycles. The number of Topliss-reactive ketones (excluding diaryl/α,β-unsaturated/α-hetero) is 1. The average molecular weight is 313 g/mol. The first-order valence-corrected chi connectivity index (χ1v) is 11.8. The van der Waals surface area contributed by atoms with Gasteiger partial charge in [-0.15, -0.1) is 0 Å². The summed E-state index contributed by atoms with van der Waals surface area (Å²) in [7, 11) is -1.71. The summed E-state index contributed by atoms with van der Waals surface area (Å²) < 4.78 is 5.89. The smallest absolute Gasteiger partial charge is 0.306 e. The second kappa shape index (κ2) is 7.08. The van der Waals surface area contributed by atoms with Crippen molar-refractivity contribution in [1.29, 1.82) is 0 Å². The van der Waals surface area contributed by atoms with Crippen molar-refractivity contribution in [2.24, 2.45) is 17.8 Å². The molecule has 0 spiro atoms. The molecule has 0 aromatic carbocycles. The van der Waals surface area contributed by atoms with E-state index >= 15 is 0 Å². The molecule has 0 radical (unpaired) electrons. The van der Waals surface area contributed by atoms with Crippen LogP contribution in [-0.4, -0.2) is 25.9 Å². The van der Waals surface area contributed by atoms with Gasteiger partial charge in [-0.05, 0) is 24.2 Å². The number of hydrogen-bond acceptors (Lipinski definition) is 3. The van der Waals surface area contributed by atoms with Gasteiger partial charge < -0.3 is 4.74 Å². The molecule has 4 heteroatoms. The summed E-state index contributed by atoms with van der Waals surface area (Å²) in [4.78, 5) is 24.4. The molecule has 2 atom stereocenters. The van der Waals surface area contributed by atoms with Crippen molar-refractivity contribution in [3.05, 3.63) is 0 Å². The van der Waals surface area contributed by atoms with E-state index < -0.39 is 8.07 Å². The molecule has 0 heterocycles. The van der Waals surface area contributed by atoms with Gasteiger partial charge in [0.25, 0.3) is 0 Å². The predicted molar refractivity (Wildman–Crippen MR) is 89.0 cm³/mol. The highest BCUT2D eigenvalue weighted by molar-refractivity contribution is 6.80. The number of carbonyl (C=O) groups excluding carboxylic acids is 2.